The van der Waals surface area contributed by atoms with Crippen molar-refractivity contribution in [3.8, 4) is 0 Å². The van der Waals surface area contributed by atoms with E-state index in [9.17, 15) is 14.4 Å². The molecule has 1 rings (SSSR count). The molecule has 160 valence electrons. The number of methoxy groups -OCH3 is 2. The first-order chi connectivity index (χ1) is 13.6. The quantitative estimate of drug-likeness (QED) is 0.153. The highest BCUT2D eigenvalue weighted by Gasteiger charge is 2.37. The second-order valence-corrected chi connectivity index (χ2v) is 6.59. The standard InChI is InChI=1S/C20H33NO7/c1-4-18(28-15-27-14-13-25-2)17-8-5-7-16(10-11-20(24)26-3)21(17)19(23)9-6-12-22/h10-12,16-18H,4-9,13-15H2,1-3H3/b11-10+/t16-,17+,18+/m0/s1. The maximum atomic E-state index is 12.8. The first-order valence-electron chi connectivity index (χ1n) is 9.78. The van der Waals surface area contributed by atoms with Crippen molar-refractivity contribution in [2.24, 2.45) is 0 Å². The number of hydrogen-bond acceptors (Lipinski definition) is 7. The minimum atomic E-state index is -0.461. The van der Waals surface area contributed by atoms with Crippen molar-refractivity contribution in [3.63, 3.8) is 0 Å². The van der Waals surface area contributed by atoms with Crippen LogP contribution in [0.3, 0.4) is 0 Å². The van der Waals surface area contributed by atoms with E-state index in [-0.39, 0.29) is 43.7 Å². The number of rotatable bonds is 13. The summed E-state index contributed by atoms with van der Waals surface area (Å²) in [6.07, 6.45) is 7.08. The number of likely N-dealkylation sites (tertiary alicyclic amines) is 1. The Balaban J connectivity index is 2.89. The molecule has 1 fully saturated rings. The van der Waals surface area contributed by atoms with Crippen LogP contribution in [0.4, 0.5) is 0 Å². The molecular formula is C20H33NO7. The summed E-state index contributed by atoms with van der Waals surface area (Å²) in [5, 5.41) is 0. The lowest BCUT2D eigenvalue weighted by Crippen LogP contribution is -2.54. The number of piperidine rings is 1. The van der Waals surface area contributed by atoms with Gasteiger partial charge in [0.25, 0.3) is 0 Å². The van der Waals surface area contributed by atoms with E-state index in [0.717, 1.165) is 25.5 Å². The molecular weight excluding hydrogens is 366 g/mol. The monoisotopic (exact) mass is 399 g/mol. The minimum absolute atomic E-state index is 0.112. The van der Waals surface area contributed by atoms with Gasteiger partial charge in [-0.15, -0.1) is 0 Å². The molecule has 0 unspecified atom stereocenters. The van der Waals surface area contributed by atoms with Crippen molar-refractivity contribution < 1.29 is 33.3 Å². The third-order valence-electron chi connectivity index (χ3n) is 4.76. The van der Waals surface area contributed by atoms with Crippen LogP contribution < -0.4 is 0 Å². The summed E-state index contributed by atoms with van der Waals surface area (Å²) >= 11 is 0. The van der Waals surface area contributed by atoms with E-state index >= 15 is 0 Å². The van der Waals surface area contributed by atoms with Gasteiger partial charge in [0.2, 0.25) is 5.91 Å². The van der Waals surface area contributed by atoms with Crippen LogP contribution in [0.1, 0.15) is 45.4 Å². The van der Waals surface area contributed by atoms with Gasteiger partial charge in [0, 0.05) is 26.0 Å². The van der Waals surface area contributed by atoms with Crippen LogP contribution in [-0.2, 0) is 33.3 Å². The molecule has 28 heavy (non-hydrogen) atoms. The van der Waals surface area contributed by atoms with E-state index in [4.69, 9.17) is 14.2 Å². The van der Waals surface area contributed by atoms with Crippen LogP contribution in [0.25, 0.3) is 0 Å². The molecule has 8 nitrogen and oxygen atoms in total. The van der Waals surface area contributed by atoms with Crippen LogP contribution in [-0.4, -0.2) is 75.5 Å². The molecule has 1 aliphatic rings. The summed E-state index contributed by atoms with van der Waals surface area (Å²) < 4.78 is 20.9. The third kappa shape index (κ3) is 8.08. The molecule has 1 saturated heterocycles. The lowest BCUT2D eigenvalue weighted by atomic mass is 9.90. The average molecular weight is 399 g/mol. The minimum Gasteiger partial charge on any atom is -0.466 e. The molecule has 0 aromatic heterocycles. The van der Waals surface area contributed by atoms with Gasteiger partial charge in [-0.3, -0.25) is 4.79 Å². The van der Waals surface area contributed by atoms with Gasteiger partial charge in [-0.25, -0.2) is 4.79 Å². The maximum absolute atomic E-state index is 12.8. The zero-order valence-corrected chi connectivity index (χ0v) is 17.1. The van der Waals surface area contributed by atoms with E-state index in [1.807, 2.05) is 6.92 Å². The van der Waals surface area contributed by atoms with E-state index in [2.05, 4.69) is 4.74 Å². The van der Waals surface area contributed by atoms with Crippen LogP contribution in [0.15, 0.2) is 12.2 Å². The van der Waals surface area contributed by atoms with Crippen molar-refractivity contribution in [1.29, 1.82) is 0 Å². The van der Waals surface area contributed by atoms with E-state index in [1.165, 1.54) is 13.2 Å². The smallest absolute Gasteiger partial charge is 0.330 e. The van der Waals surface area contributed by atoms with Crippen LogP contribution in [0.5, 0.6) is 0 Å². The zero-order chi connectivity index (χ0) is 20.8. The Morgan fingerprint density at radius 1 is 1.21 bits per heavy atom. The summed E-state index contributed by atoms with van der Waals surface area (Å²) in [6, 6.07) is -0.375. The molecule has 0 spiro atoms. The molecule has 3 atom stereocenters. The molecule has 8 heteroatoms. The molecule has 0 N–H and O–H groups in total. The second-order valence-electron chi connectivity index (χ2n) is 6.59. The molecule has 0 aromatic carbocycles. The second kappa shape index (κ2) is 14.3. The molecule has 0 saturated carbocycles. The zero-order valence-electron chi connectivity index (χ0n) is 17.1. The van der Waals surface area contributed by atoms with Gasteiger partial charge in [-0.05, 0) is 25.7 Å². The molecule has 1 aliphatic heterocycles. The average Bonchev–Trinajstić information content (AvgIpc) is 2.72. The first-order valence-corrected chi connectivity index (χ1v) is 9.78. The van der Waals surface area contributed by atoms with E-state index in [1.54, 1.807) is 18.1 Å². The maximum Gasteiger partial charge on any atom is 0.330 e. The lowest BCUT2D eigenvalue weighted by Gasteiger charge is -2.44. The fraction of sp³-hybridized carbons (Fsp3) is 0.750. The van der Waals surface area contributed by atoms with Crippen LogP contribution in [0, 0.1) is 0 Å². The fourth-order valence-electron chi connectivity index (χ4n) is 3.39. The molecule has 1 amide bonds. The molecule has 0 bridgehead atoms. The number of hydrogen-bond donors (Lipinski definition) is 0. The topological polar surface area (TPSA) is 91.4 Å². The molecule has 0 aromatic rings. The van der Waals surface area contributed by atoms with Crippen molar-refractivity contribution >= 4 is 18.2 Å². The number of nitrogens with zero attached hydrogens (tertiary/aromatic N) is 1. The van der Waals surface area contributed by atoms with Crippen molar-refractivity contribution in [2.45, 2.75) is 63.6 Å². The number of ether oxygens (including phenoxy) is 4. The number of carbonyl (C=O) groups is 3. The van der Waals surface area contributed by atoms with Crippen LogP contribution >= 0.6 is 0 Å². The number of aldehydes is 1. The Labute approximate surface area is 167 Å². The van der Waals surface area contributed by atoms with Gasteiger partial charge < -0.3 is 28.6 Å². The predicted molar refractivity (Wildman–Crippen MR) is 103 cm³/mol. The fourth-order valence-corrected chi connectivity index (χ4v) is 3.39. The summed E-state index contributed by atoms with van der Waals surface area (Å²) in [7, 11) is 2.92. The predicted octanol–water partition coefficient (Wildman–Crippen LogP) is 1.86. The van der Waals surface area contributed by atoms with Crippen molar-refractivity contribution in [1.82, 2.24) is 4.90 Å². The molecule has 0 aliphatic carbocycles. The molecule has 0 radical (unpaired) electrons. The lowest BCUT2D eigenvalue weighted by molar-refractivity contribution is -0.152. The summed E-state index contributed by atoms with van der Waals surface area (Å²) in [4.78, 5) is 36.8. The largest absolute Gasteiger partial charge is 0.466 e. The normalized spacial score (nSPS) is 20.9. The number of carbonyl (C=O) groups excluding carboxylic acids is 3. The Hall–Kier alpha value is -1.77. The van der Waals surface area contributed by atoms with Gasteiger partial charge in [0.05, 0.1) is 38.5 Å². The Bertz CT molecular complexity index is 509. The third-order valence-corrected chi connectivity index (χ3v) is 4.76. The van der Waals surface area contributed by atoms with Gasteiger partial charge in [0.1, 0.15) is 13.1 Å². The number of amides is 1. The van der Waals surface area contributed by atoms with Gasteiger partial charge in [-0.1, -0.05) is 13.0 Å². The first kappa shape index (κ1) is 24.3. The summed E-state index contributed by atoms with van der Waals surface area (Å²) in [6.45, 7) is 3.05. The van der Waals surface area contributed by atoms with Gasteiger partial charge in [0.15, 0.2) is 0 Å². The summed E-state index contributed by atoms with van der Waals surface area (Å²) in [5.74, 6) is -0.573. The highest BCUT2D eigenvalue weighted by Crippen LogP contribution is 2.29. The highest BCUT2D eigenvalue weighted by molar-refractivity contribution is 5.82. The SMILES string of the molecule is CC[C@@H](OCOCCOC)[C@H]1CCC[C@@H](/C=C/C(=O)OC)N1C(=O)CCC=O. The van der Waals surface area contributed by atoms with Crippen LogP contribution in [0.2, 0.25) is 0 Å². The Morgan fingerprint density at radius 3 is 2.64 bits per heavy atom. The van der Waals surface area contributed by atoms with Gasteiger partial charge >= 0.3 is 5.97 Å². The summed E-state index contributed by atoms with van der Waals surface area (Å²) in [5.41, 5.74) is 0. The molecule has 1 heterocycles. The highest BCUT2D eigenvalue weighted by atomic mass is 16.7. The Kier molecular flexibility index (Phi) is 12.4. The van der Waals surface area contributed by atoms with Crippen molar-refractivity contribution in [2.75, 3.05) is 34.2 Å². The Morgan fingerprint density at radius 2 is 2.00 bits per heavy atom. The van der Waals surface area contributed by atoms with Crippen molar-refractivity contribution in [3.05, 3.63) is 12.2 Å². The number of esters is 1. The van der Waals surface area contributed by atoms with E-state index < -0.39 is 5.97 Å². The van der Waals surface area contributed by atoms with E-state index in [0.29, 0.717) is 19.6 Å². The van der Waals surface area contributed by atoms with Gasteiger partial charge in [-0.2, -0.15) is 0 Å².